The van der Waals surface area contributed by atoms with Crippen LogP contribution in [-0.4, -0.2) is 22.1 Å². The highest BCUT2D eigenvalue weighted by Gasteiger charge is 2.28. The lowest BCUT2D eigenvalue weighted by atomic mass is 10.5. The van der Waals surface area contributed by atoms with Crippen molar-refractivity contribution in [3.63, 3.8) is 0 Å². The largest absolute Gasteiger partial charge is 0.522 e. The highest BCUT2D eigenvalue weighted by molar-refractivity contribution is 5.30. The van der Waals surface area contributed by atoms with E-state index in [1.807, 2.05) is 0 Å². The molecule has 1 rings (SSSR count). The van der Waals surface area contributed by atoms with Gasteiger partial charge in [-0.15, -0.1) is 13.2 Å². The van der Waals surface area contributed by atoms with Crippen LogP contribution >= 0.6 is 0 Å². The molecular weight excluding hydrogens is 243 g/mol. The topological polar surface area (TPSA) is 79.2 Å². The smallest absolute Gasteiger partial charge is 0.393 e. The van der Waals surface area contributed by atoms with Gasteiger partial charge in [0.25, 0.3) is 5.56 Å². The molecule has 2 N–H and O–H groups in total. The number of aromatic nitrogens is 2. The molecule has 0 amide bonds. The molecule has 0 aliphatic heterocycles. The minimum Gasteiger partial charge on any atom is -0.393 e. The molecule has 1 heterocycles. The second-order valence-corrected chi connectivity index (χ2v) is 3.23. The van der Waals surface area contributed by atoms with E-state index in [0.29, 0.717) is 4.57 Å². The maximum atomic E-state index is 11.7. The average molecular weight is 253 g/mol. The summed E-state index contributed by atoms with van der Waals surface area (Å²) in [7, 11) is 1.33. The van der Waals surface area contributed by atoms with Crippen LogP contribution in [0.2, 0.25) is 0 Å². The van der Waals surface area contributed by atoms with Crippen LogP contribution in [0.4, 0.5) is 18.9 Å². The van der Waals surface area contributed by atoms with Crippen molar-refractivity contribution in [2.75, 3.05) is 12.3 Å². The van der Waals surface area contributed by atoms with Crippen molar-refractivity contribution in [1.29, 1.82) is 0 Å². The maximum Gasteiger partial charge on any atom is 0.522 e. The lowest BCUT2D eigenvalue weighted by molar-refractivity contribution is -0.325. The molecule has 96 valence electrons. The Morgan fingerprint density at radius 3 is 2.53 bits per heavy atom. The van der Waals surface area contributed by atoms with Crippen LogP contribution in [0.25, 0.3) is 0 Å². The van der Waals surface area contributed by atoms with Crippen LogP contribution < -0.4 is 17.0 Å². The average Bonchev–Trinajstić information content (AvgIpc) is 2.19. The summed E-state index contributed by atoms with van der Waals surface area (Å²) >= 11 is 0. The predicted octanol–water partition coefficient (Wildman–Crippen LogP) is -0.334. The normalized spacial score (nSPS) is 11.8. The minimum atomic E-state index is -4.80. The SMILES string of the molecule is Cn1cc(N)c(=O)n(CCOC(F)(F)F)c1=O. The Labute approximate surface area is 93.0 Å². The Bertz CT molecular complexity index is 483. The number of ether oxygens (including phenoxy) is 1. The molecule has 0 bridgehead atoms. The van der Waals surface area contributed by atoms with Crippen LogP contribution in [0.15, 0.2) is 15.8 Å². The van der Waals surface area contributed by atoms with Crippen LogP contribution in [0.1, 0.15) is 0 Å². The zero-order valence-corrected chi connectivity index (χ0v) is 8.82. The molecule has 0 unspecified atom stereocenters. The van der Waals surface area contributed by atoms with E-state index in [9.17, 15) is 22.8 Å². The molecule has 6 nitrogen and oxygen atoms in total. The second-order valence-electron chi connectivity index (χ2n) is 3.23. The molecular formula is C8H10F3N3O3. The number of alkyl halides is 3. The van der Waals surface area contributed by atoms with Gasteiger partial charge in [-0.2, -0.15) is 0 Å². The van der Waals surface area contributed by atoms with E-state index in [-0.39, 0.29) is 5.69 Å². The summed E-state index contributed by atoms with van der Waals surface area (Å²) in [5, 5.41) is 0. The number of nitrogen functional groups attached to an aromatic ring is 1. The van der Waals surface area contributed by atoms with Crippen molar-refractivity contribution in [2.45, 2.75) is 12.9 Å². The molecule has 0 fully saturated rings. The Morgan fingerprint density at radius 2 is 2.00 bits per heavy atom. The highest BCUT2D eigenvalue weighted by atomic mass is 19.4. The molecule has 0 saturated carbocycles. The number of rotatable bonds is 3. The van der Waals surface area contributed by atoms with Crippen LogP contribution in [0, 0.1) is 0 Å². The molecule has 1 aromatic heterocycles. The van der Waals surface area contributed by atoms with Gasteiger partial charge in [0.1, 0.15) is 5.69 Å². The number of nitrogens with two attached hydrogens (primary N) is 1. The molecule has 0 saturated heterocycles. The third kappa shape index (κ3) is 3.34. The van der Waals surface area contributed by atoms with Crippen molar-refractivity contribution in [2.24, 2.45) is 7.05 Å². The summed E-state index contributed by atoms with van der Waals surface area (Å²) in [6.07, 6.45) is -3.69. The monoisotopic (exact) mass is 253 g/mol. The summed E-state index contributed by atoms with van der Waals surface area (Å²) in [5.41, 5.74) is 3.48. The van der Waals surface area contributed by atoms with Gasteiger partial charge in [-0.25, -0.2) is 4.79 Å². The maximum absolute atomic E-state index is 11.7. The first-order chi connectivity index (χ1) is 7.72. The molecule has 0 aliphatic rings. The summed E-state index contributed by atoms with van der Waals surface area (Å²) in [5.74, 6) is 0. The van der Waals surface area contributed by atoms with E-state index in [2.05, 4.69) is 4.74 Å². The number of hydrogen-bond donors (Lipinski definition) is 1. The number of nitrogens with zero attached hydrogens (tertiary/aromatic N) is 2. The number of anilines is 1. The lowest BCUT2D eigenvalue weighted by Crippen LogP contribution is -2.41. The molecule has 17 heavy (non-hydrogen) atoms. The molecule has 9 heteroatoms. The molecule has 0 aromatic carbocycles. The molecule has 0 atom stereocenters. The van der Waals surface area contributed by atoms with Gasteiger partial charge in [-0.1, -0.05) is 0 Å². The van der Waals surface area contributed by atoms with Gasteiger partial charge < -0.3 is 10.3 Å². The van der Waals surface area contributed by atoms with E-state index in [1.165, 1.54) is 7.05 Å². The molecule has 0 radical (unpaired) electrons. The van der Waals surface area contributed by atoms with Gasteiger partial charge in [0.2, 0.25) is 0 Å². The van der Waals surface area contributed by atoms with E-state index < -0.39 is 30.8 Å². The van der Waals surface area contributed by atoms with Crippen LogP contribution in [-0.2, 0) is 18.3 Å². The summed E-state index contributed by atoms with van der Waals surface area (Å²) in [6.45, 7) is -1.35. The van der Waals surface area contributed by atoms with E-state index in [1.54, 1.807) is 0 Å². The van der Waals surface area contributed by atoms with Crippen LogP contribution in [0.5, 0.6) is 0 Å². The quantitative estimate of drug-likeness (QED) is 0.799. The minimum absolute atomic E-state index is 0.223. The molecule has 1 aromatic rings. The van der Waals surface area contributed by atoms with E-state index >= 15 is 0 Å². The van der Waals surface area contributed by atoms with Crippen molar-refractivity contribution in [3.05, 3.63) is 27.0 Å². The standard InChI is InChI=1S/C8H10F3N3O3/c1-13-4-5(12)6(15)14(7(13)16)2-3-17-8(9,10)11/h4H,2-3,12H2,1H3. The first-order valence-electron chi connectivity index (χ1n) is 4.49. The fraction of sp³-hybridized carbons (Fsp3) is 0.500. The molecule has 0 spiro atoms. The Hall–Kier alpha value is -1.77. The van der Waals surface area contributed by atoms with Crippen LogP contribution in [0.3, 0.4) is 0 Å². The third-order valence-electron chi connectivity index (χ3n) is 1.94. The Morgan fingerprint density at radius 1 is 1.41 bits per heavy atom. The third-order valence-corrected chi connectivity index (χ3v) is 1.94. The van der Waals surface area contributed by atoms with Crippen molar-refractivity contribution < 1.29 is 17.9 Å². The summed E-state index contributed by atoms with van der Waals surface area (Å²) in [4.78, 5) is 22.8. The summed E-state index contributed by atoms with van der Waals surface area (Å²) < 4.78 is 40.2. The number of aryl methyl sites for hydroxylation is 1. The van der Waals surface area contributed by atoms with Gasteiger partial charge in [0, 0.05) is 13.2 Å². The first kappa shape index (κ1) is 13.3. The van der Waals surface area contributed by atoms with Gasteiger partial charge in [0.15, 0.2) is 0 Å². The van der Waals surface area contributed by atoms with Crippen molar-refractivity contribution in [1.82, 2.24) is 9.13 Å². The first-order valence-corrected chi connectivity index (χ1v) is 4.49. The van der Waals surface area contributed by atoms with Crippen molar-refractivity contribution >= 4 is 5.69 Å². The zero-order chi connectivity index (χ0) is 13.2. The van der Waals surface area contributed by atoms with Gasteiger partial charge in [-0.05, 0) is 0 Å². The van der Waals surface area contributed by atoms with E-state index in [0.717, 1.165) is 10.8 Å². The number of halogens is 3. The number of hydrogen-bond acceptors (Lipinski definition) is 4. The highest BCUT2D eigenvalue weighted by Crippen LogP contribution is 2.15. The van der Waals surface area contributed by atoms with Gasteiger partial charge in [-0.3, -0.25) is 14.1 Å². The van der Waals surface area contributed by atoms with E-state index in [4.69, 9.17) is 5.73 Å². The predicted molar refractivity (Wildman–Crippen MR) is 52.4 cm³/mol. The Kier molecular flexibility index (Phi) is 3.61. The fourth-order valence-electron chi connectivity index (χ4n) is 1.20. The lowest BCUT2D eigenvalue weighted by Gasteiger charge is -2.10. The van der Waals surface area contributed by atoms with Crippen molar-refractivity contribution in [3.8, 4) is 0 Å². The zero-order valence-electron chi connectivity index (χ0n) is 8.82. The van der Waals surface area contributed by atoms with Gasteiger partial charge >= 0.3 is 12.1 Å². The molecule has 0 aliphatic carbocycles. The second kappa shape index (κ2) is 4.62. The fourth-order valence-corrected chi connectivity index (χ4v) is 1.20. The van der Waals surface area contributed by atoms with Gasteiger partial charge in [0.05, 0.1) is 13.2 Å². The Balaban J connectivity index is 2.92. The summed E-state index contributed by atoms with van der Waals surface area (Å²) in [6, 6.07) is 0.